The van der Waals surface area contributed by atoms with Crippen molar-refractivity contribution in [3.63, 3.8) is 0 Å². The van der Waals surface area contributed by atoms with Crippen LogP contribution in [0.15, 0.2) is 0 Å². The average Bonchev–Trinajstić information content (AvgIpc) is 2.77. The second kappa shape index (κ2) is 5.68. The first-order valence-electron chi connectivity index (χ1n) is 7.05. The van der Waals surface area contributed by atoms with Gasteiger partial charge in [-0.15, -0.1) is 0 Å². The smallest absolute Gasteiger partial charge is 0.0940 e. The Morgan fingerprint density at radius 1 is 1.41 bits per heavy atom. The predicted octanol–water partition coefficient (Wildman–Crippen LogP) is 2.37. The molecule has 0 aliphatic carbocycles. The number of hydrogen-bond acceptors (Lipinski definition) is 3. The van der Waals surface area contributed by atoms with E-state index < -0.39 is 0 Å². The Labute approximate surface area is 104 Å². The third-order valence-electron chi connectivity index (χ3n) is 4.48. The zero-order chi connectivity index (χ0) is 12.3. The molecule has 0 bridgehead atoms. The minimum absolute atomic E-state index is 0.0701. The van der Waals surface area contributed by atoms with Gasteiger partial charge in [0.2, 0.25) is 0 Å². The van der Waals surface area contributed by atoms with Crippen molar-refractivity contribution in [2.45, 2.75) is 57.7 Å². The van der Waals surface area contributed by atoms with E-state index in [0.717, 1.165) is 51.9 Å². The summed E-state index contributed by atoms with van der Waals surface area (Å²) >= 11 is 0. The third-order valence-corrected chi connectivity index (χ3v) is 4.48. The summed E-state index contributed by atoms with van der Waals surface area (Å²) in [7, 11) is 0. The van der Waals surface area contributed by atoms with Crippen LogP contribution in [0.2, 0.25) is 0 Å². The number of hydrogen-bond donors (Lipinski definition) is 1. The zero-order valence-corrected chi connectivity index (χ0v) is 11.2. The fourth-order valence-electron chi connectivity index (χ4n) is 3.03. The average molecular weight is 242 g/mol. The van der Waals surface area contributed by atoms with Gasteiger partial charge in [0.1, 0.15) is 0 Å². The molecule has 2 aliphatic heterocycles. The molecular weight excluding hydrogens is 216 g/mol. The van der Waals surface area contributed by atoms with Crippen molar-refractivity contribution in [2.75, 3.05) is 19.8 Å². The molecule has 2 aliphatic rings. The van der Waals surface area contributed by atoms with E-state index in [1.165, 1.54) is 0 Å². The highest BCUT2D eigenvalue weighted by atomic mass is 16.6. The number of rotatable bonds is 4. The summed E-state index contributed by atoms with van der Waals surface area (Å²) in [6.45, 7) is 6.73. The normalized spacial score (nSPS) is 37.2. The first kappa shape index (κ1) is 13.3. The van der Waals surface area contributed by atoms with Crippen LogP contribution in [-0.2, 0) is 9.47 Å². The largest absolute Gasteiger partial charge is 0.393 e. The van der Waals surface area contributed by atoms with Crippen LogP contribution in [0, 0.1) is 11.8 Å². The van der Waals surface area contributed by atoms with Crippen LogP contribution >= 0.6 is 0 Å². The monoisotopic (exact) mass is 242 g/mol. The Kier molecular flexibility index (Phi) is 4.45. The van der Waals surface area contributed by atoms with Gasteiger partial charge in [-0.1, -0.05) is 20.3 Å². The lowest BCUT2D eigenvalue weighted by molar-refractivity contribution is -0.118. The van der Waals surface area contributed by atoms with Crippen molar-refractivity contribution in [1.29, 1.82) is 0 Å². The maximum atomic E-state index is 10.3. The van der Waals surface area contributed by atoms with Gasteiger partial charge in [-0.25, -0.2) is 0 Å². The van der Waals surface area contributed by atoms with Crippen LogP contribution in [0.4, 0.5) is 0 Å². The molecule has 2 saturated heterocycles. The van der Waals surface area contributed by atoms with Crippen molar-refractivity contribution in [3.8, 4) is 0 Å². The lowest BCUT2D eigenvalue weighted by Gasteiger charge is -2.39. The Bertz CT molecular complexity index is 236. The Morgan fingerprint density at radius 3 is 2.88 bits per heavy atom. The summed E-state index contributed by atoms with van der Waals surface area (Å²) in [5.41, 5.74) is -0.0701. The maximum absolute atomic E-state index is 10.3. The molecule has 2 heterocycles. The quantitative estimate of drug-likeness (QED) is 0.822. The van der Waals surface area contributed by atoms with Gasteiger partial charge in [0.15, 0.2) is 0 Å². The number of aliphatic hydroxyl groups is 1. The SMILES string of the molecule is CCC(C)CC(O)C1CCOC2(CCOC2)C1. The van der Waals surface area contributed by atoms with Gasteiger partial charge in [0.05, 0.1) is 18.3 Å². The van der Waals surface area contributed by atoms with Crippen molar-refractivity contribution >= 4 is 0 Å². The van der Waals surface area contributed by atoms with Gasteiger partial charge in [0.25, 0.3) is 0 Å². The first-order chi connectivity index (χ1) is 8.15. The van der Waals surface area contributed by atoms with E-state index >= 15 is 0 Å². The van der Waals surface area contributed by atoms with E-state index in [1.807, 2.05) is 0 Å². The van der Waals surface area contributed by atoms with E-state index in [9.17, 15) is 5.11 Å². The van der Waals surface area contributed by atoms with Crippen LogP contribution in [0.25, 0.3) is 0 Å². The molecule has 0 radical (unpaired) electrons. The Balaban J connectivity index is 1.88. The lowest BCUT2D eigenvalue weighted by atomic mass is 9.80. The molecule has 0 aromatic heterocycles. The van der Waals surface area contributed by atoms with E-state index in [0.29, 0.717) is 11.8 Å². The molecule has 3 nitrogen and oxygen atoms in total. The molecule has 2 rings (SSSR count). The molecule has 4 unspecified atom stereocenters. The Hall–Kier alpha value is -0.120. The van der Waals surface area contributed by atoms with Gasteiger partial charge in [-0.2, -0.15) is 0 Å². The van der Waals surface area contributed by atoms with Crippen LogP contribution in [0.1, 0.15) is 46.0 Å². The standard InChI is InChI=1S/C14H26O3/c1-3-11(2)8-13(15)12-4-6-17-14(9-12)5-7-16-10-14/h11-13,15H,3-10H2,1-2H3. The summed E-state index contributed by atoms with van der Waals surface area (Å²) in [6.07, 6.45) is 4.89. The van der Waals surface area contributed by atoms with E-state index in [-0.39, 0.29) is 11.7 Å². The van der Waals surface area contributed by atoms with Crippen molar-refractivity contribution in [2.24, 2.45) is 11.8 Å². The van der Waals surface area contributed by atoms with Crippen molar-refractivity contribution in [3.05, 3.63) is 0 Å². The Morgan fingerprint density at radius 2 is 2.24 bits per heavy atom. The highest BCUT2D eigenvalue weighted by Crippen LogP contribution is 2.38. The lowest BCUT2D eigenvalue weighted by Crippen LogP contribution is -2.43. The molecule has 2 fully saturated rings. The van der Waals surface area contributed by atoms with Gasteiger partial charge < -0.3 is 14.6 Å². The molecule has 1 N–H and O–H groups in total. The second-order valence-corrected chi connectivity index (χ2v) is 5.90. The van der Waals surface area contributed by atoms with Gasteiger partial charge in [-0.05, 0) is 31.1 Å². The summed E-state index contributed by atoms with van der Waals surface area (Å²) in [4.78, 5) is 0. The van der Waals surface area contributed by atoms with Crippen LogP contribution in [-0.4, -0.2) is 36.6 Å². The van der Waals surface area contributed by atoms with Crippen molar-refractivity contribution in [1.82, 2.24) is 0 Å². The highest BCUT2D eigenvalue weighted by Gasteiger charge is 2.42. The van der Waals surface area contributed by atoms with Crippen LogP contribution < -0.4 is 0 Å². The first-order valence-corrected chi connectivity index (χ1v) is 7.05. The molecular formula is C14H26O3. The minimum atomic E-state index is -0.161. The molecule has 17 heavy (non-hydrogen) atoms. The molecule has 3 heteroatoms. The molecule has 100 valence electrons. The minimum Gasteiger partial charge on any atom is -0.393 e. The summed E-state index contributed by atoms with van der Waals surface area (Å²) in [5.74, 6) is 1.02. The predicted molar refractivity (Wildman–Crippen MR) is 66.9 cm³/mol. The topological polar surface area (TPSA) is 38.7 Å². The molecule has 4 atom stereocenters. The fourth-order valence-corrected chi connectivity index (χ4v) is 3.03. The molecule has 0 saturated carbocycles. The zero-order valence-electron chi connectivity index (χ0n) is 11.2. The van der Waals surface area contributed by atoms with Crippen LogP contribution in [0.5, 0.6) is 0 Å². The van der Waals surface area contributed by atoms with Gasteiger partial charge in [0, 0.05) is 19.6 Å². The molecule has 0 aromatic carbocycles. The summed E-state index contributed by atoms with van der Waals surface area (Å²) in [5, 5.41) is 10.3. The molecule has 1 spiro atoms. The van der Waals surface area contributed by atoms with E-state index in [2.05, 4.69) is 13.8 Å². The van der Waals surface area contributed by atoms with Gasteiger partial charge in [-0.3, -0.25) is 0 Å². The maximum Gasteiger partial charge on any atom is 0.0940 e. The third kappa shape index (κ3) is 3.21. The summed E-state index contributed by atoms with van der Waals surface area (Å²) in [6, 6.07) is 0. The second-order valence-electron chi connectivity index (χ2n) is 5.90. The van der Waals surface area contributed by atoms with Crippen LogP contribution in [0.3, 0.4) is 0 Å². The number of aliphatic hydroxyl groups excluding tert-OH is 1. The number of ether oxygens (including phenoxy) is 2. The fraction of sp³-hybridized carbons (Fsp3) is 1.00. The van der Waals surface area contributed by atoms with E-state index in [4.69, 9.17) is 9.47 Å². The van der Waals surface area contributed by atoms with E-state index in [1.54, 1.807) is 0 Å². The highest BCUT2D eigenvalue weighted by molar-refractivity contribution is 4.92. The van der Waals surface area contributed by atoms with Crippen molar-refractivity contribution < 1.29 is 14.6 Å². The van der Waals surface area contributed by atoms with Gasteiger partial charge >= 0.3 is 0 Å². The summed E-state index contributed by atoms with van der Waals surface area (Å²) < 4.78 is 11.4. The molecule has 0 amide bonds. The molecule has 0 aromatic rings.